The number of hydrogen-bond donors (Lipinski definition) is 2. The maximum atomic E-state index is 12.6. The summed E-state index contributed by atoms with van der Waals surface area (Å²) in [4.78, 5) is 11.5. The normalized spacial score (nSPS) is 15.0. The monoisotopic (exact) mass is 294 g/mol. The third-order valence-corrected chi connectivity index (χ3v) is 2.67. The maximum absolute atomic E-state index is 12.6. The van der Waals surface area contributed by atoms with Crippen LogP contribution in [-0.2, 0) is 4.74 Å². The van der Waals surface area contributed by atoms with E-state index in [0.717, 1.165) is 19.3 Å². The van der Waals surface area contributed by atoms with E-state index in [1.165, 1.54) is 6.92 Å². The van der Waals surface area contributed by atoms with E-state index in [-0.39, 0.29) is 12.6 Å². The van der Waals surface area contributed by atoms with Gasteiger partial charge in [0.25, 0.3) is 6.43 Å². The lowest BCUT2D eigenvalue weighted by Gasteiger charge is -2.25. The number of hydrogen-bond acceptors (Lipinski definition) is 3. The second kappa shape index (κ2) is 9.10. The second-order valence-electron chi connectivity index (χ2n) is 6.01. The van der Waals surface area contributed by atoms with E-state index in [4.69, 9.17) is 4.74 Å². The highest BCUT2D eigenvalue weighted by atomic mass is 19.3. The molecule has 0 fully saturated rings. The van der Waals surface area contributed by atoms with Crippen LogP contribution in [0.2, 0.25) is 0 Å². The van der Waals surface area contributed by atoms with Crippen LogP contribution >= 0.6 is 0 Å². The summed E-state index contributed by atoms with van der Waals surface area (Å²) in [6.07, 6.45) is -0.299. The SMILES string of the molecule is CCCCC(CNC(=O)OC(C)(C)C)NC(C)C(F)F. The van der Waals surface area contributed by atoms with Crippen LogP contribution in [0.1, 0.15) is 53.9 Å². The first-order chi connectivity index (χ1) is 9.15. The van der Waals surface area contributed by atoms with Gasteiger partial charge in [-0.15, -0.1) is 0 Å². The molecular formula is C14H28F2N2O2. The van der Waals surface area contributed by atoms with Gasteiger partial charge in [-0.05, 0) is 34.1 Å². The van der Waals surface area contributed by atoms with Crippen molar-refractivity contribution in [2.75, 3.05) is 6.54 Å². The molecule has 120 valence electrons. The highest BCUT2D eigenvalue weighted by Crippen LogP contribution is 2.08. The molecule has 0 aliphatic rings. The fraction of sp³-hybridized carbons (Fsp3) is 0.929. The molecule has 0 spiro atoms. The number of carbonyl (C=O) groups is 1. The van der Waals surface area contributed by atoms with Gasteiger partial charge in [-0.25, -0.2) is 13.6 Å². The minimum Gasteiger partial charge on any atom is -0.444 e. The molecule has 2 atom stereocenters. The summed E-state index contributed by atoms with van der Waals surface area (Å²) in [5.41, 5.74) is -0.563. The first-order valence-electron chi connectivity index (χ1n) is 7.16. The van der Waals surface area contributed by atoms with Gasteiger partial charge in [0.05, 0.1) is 6.04 Å². The molecule has 2 unspecified atom stereocenters. The van der Waals surface area contributed by atoms with Crippen molar-refractivity contribution in [3.05, 3.63) is 0 Å². The van der Waals surface area contributed by atoms with Gasteiger partial charge >= 0.3 is 6.09 Å². The van der Waals surface area contributed by atoms with E-state index >= 15 is 0 Å². The molecule has 0 bridgehead atoms. The van der Waals surface area contributed by atoms with Crippen molar-refractivity contribution in [2.45, 2.75) is 78.0 Å². The Bertz CT molecular complexity index is 281. The number of halogens is 2. The average molecular weight is 294 g/mol. The third kappa shape index (κ3) is 9.95. The number of rotatable bonds is 8. The maximum Gasteiger partial charge on any atom is 0.407 e. The number of ether oxygens (including phenoxy) is 1. The molecule has 0 saturated carbocycles. The Labute approximate surface area is 120 Å². The highest BCUT2D eigenvalue weighted by molar-refractivity contribution is 5.67. The number of alkyl halides is 2. The predicted molar refractivity (Wildman–Crippen MR) is 76.2 cm³/mol. The molecule has 0 saturated heterocycles. The molecule has 0 aliphatic carbocycles. The Balaban J connectivity index is 4.25. The number of nitrogens with one attached hydrogen (secondary N) is 2. The molecule has 0 radical (unpaired) electrons. The molecule has 0 heterocycles. The fourth-order valence-corrected chi connectivity index (χ4v) is 1.66. The minimum atomic E-state index is -2.42. The van der Waals surface area contributed by atoms with Crippen LogP contribution in [0.3, 0.4) is 0 Å². The third-order valence-electron chi connectivity index (χ3n) is 2.67. The van der Waals surface area contributed by atoms with Crippen LogP contribution < -0.4 is 10.6 Å². The van der Waals surface area contributed by atoms with Gasteiger partial charge in [0.15, 0.2) is 0 Å². The molecule has 6 heteroatoms. The highest BCUT2D eigenvalue weighted by Gasteiger charge is 2.21. The summed E-state index contributed by atoms with van der Waals surface area (Å²) in [6, 6.07) is -1.07. The number of alkyl carbamates (subject to hydrolysis) is 1. The van der Waals surface area contributed by atoms with Crippen LogP contribution in [0.15, 0.2) is 0 Å². The van der Waals surface area contributed by atoms with Crippen LogP contribution in [0.5, 0.6) is 0 Å². The summed E-state index contributed by atoms with van der Waals surface area (Å²) in [7, 11) is 0. The van der Waals surface area contributed by atoms with Crippen molar-refractivity contribution < 1.29 is 18.3 Å². The molecule has 20 heavy (non-hydrogen) atoms. The number of carbonyl (C=O) groups excluding carboxylic acids is 1. The van der Waals surface area contributed by atoms with Crippen molar-refractivity contribution >= 4 is 6.09 Å². The largest absolute Gasteiger partial charge is 0.444 e. The smallest absolute Gasteiger partial charge is 0.407 e. The lowest BCUT2D eigenvalue weighted by atomic mass is 10.1. The first-order valence-corrected chi connectivity index (χ1v) is 7.16. The average Bonchev–Trinajstić information content (AvgIpc) is 2.30. The summed E-state index contributed by atoms with van der Waals surface area (Å²) in [6.45, 7) is 9.09. The van der Waals surface area contributed by atoms with Gasteiger partial charge in [0.2, 0.25) is 0 Å². The van der Waals surface area contributed by atoms with E-state index in [9.17, 15) is 13.6 Å². The quantitative estimate of drug-likeness (QED) is 0.722. The summed E-state index contributed by atoms with van der Waals surface area (Å²) in [5, 5.41) is 5.47. The molecule has 0 aliphatic heterocycles. The Morgan fingerprint density at radius 3 is 2.35 bits per heavy atom. The standard InChI is InChI=1S/C14H28F2N2O2/c1-6-7-8-11(18-10(2)12(15)16)9-17-13(19)20-14(3,4)5/h10-12,18H,6-9H2,1-5H3,(H,17,19). The zero-order valence-electron chi connectivity index (χ0n) is 13.1. The lowest BCUT2D eigenvalue weighted by Crippen LogP contribution is -2.47. The molecule has 4 nitrogen and oxygen atoms in total. The van der Waals surface area contributed by atoms with Crippen LogP contribution in [-0.4, -0.2) is 36.7 Å². The Morgan fingerprint density at radius 2 is 1.90 bits per heavy atom. The van der Waals surface area contributed by atoms with Crippen molar-refractivity contribution in [1.29, 1.82) is 0 Å². The molecule has 0 aromatic carbocycles. The van der Waals surface area contributed by atoms with Gasteiger partial charge in [-0.2, -0.15) is 0 Å². The van der Waals surface area contributed by atoms with E-state index in [0.29, 0.717) is 0 Å². The van der Waals surface area contributed by atoms with Crippen LogP contribution in [0.4, 0.5) is 13.6 Å². The van der Waals surface area contributed by atoms with E-state index in [1.54, 1.807) is 20.8 Å². The molecular weight excluding hydrogens is 266 g/mol. The van der Waals surface area contributed by atoms with Crippen molar-refractivity contribution in [3.8, 4) is 0 Å². The second-order valence-corrected chi connectivity index (χ2v) is 6.01. The fourth-order valence-electron chi connectivity index (χ4n) is 1.66. The molecule has 0 aromatic heterocycles. The zero-order chi connectivity index (χ0) is 15.8. The van der Waals surface area contributed by atoms with Crippen molar-refractivity contribution in [1.82, 2.24) is 10.6 Å². The van der Waals surface area contributed by atoms with Crippen LogP contribution in [0, 0.1) is 0 Å². The van der Waals surface area contributed by atoms with Crippen molar-refractivity contribution in [2.24, 2.45) is 0 Å². The molecule has 1 amide bonds. The minimum absolute atomic E-state index is 0.175. The Hall–Kier alpha value is -0.910. The topological polar surface area (TPSA) is 50.4 Å². The van der Waals surface area contributed by atoms with Gasteiger partial charge in [-0.1, -0.05) is 19.8 Å². The zero-order valence-corrected chi connectivity index (χ0v) is 13.1. The van der Waals surface area contributed by atoms with E-state index < -0.39 is 24.2 Å². The van der Waals surface area contributed by atoms with Gasteiger partial charge in [0, 0.05) is 12.6 Å². The summed E-state index contributed by atoms with van der Waals surface area (Å²) < 4.78 is 30.2. The van der Waals surface area contributed by atoms with Gasteiger partial charge in [-0.3, -0.25) is 0 Å². The van der Waals surface area contributed by atoms with Crippen molar-refractivity contribution in [3.63, 3.8) is 0 Å². The summed E-state index contributed by atoms with van der Waals surface area (Å²) >= 11 is 0. The summed E-state index contributed by atoms with van der Waals surface area (Å²) in [5.74, 6) is 0. The predicted octanol–water partition coefficient (Wildman–Crippen LogP) is 3.31. The molecule has 2 N–H and O–H groups in total. The van der Waals surface area contributed by atoms with E-state index in [1.807, 2.05) is 6.92 Å². The van der Waals surface area contributed by atoms with Gasteiger partial charge < -0.3 is 15.4 Å². The van der Waals surface area contributed by atoms with Crippen LogP contribution in [0.25, 0.3) is 0 Å². The molecule has 0 aromatic rings. The molecule has 0 rings (SSSR count). The first kappa shape index (κ1) is 19.1. The lowest BCUT2D eigenvalue weighted by molar-refractivity contribution is 0.0516. The Morgan fingerprint density at radius 1 is 1.30 bits per heavy atom. The number of unbranched alkanes of at least 4 members (excludes halogenated alkanes) is 1. The van der Waals surface area contributed by atoms with E-state index in [2.05, 4.69) is 10.6 Å². The Kier molecular flexibility index (Phi) is 8.69. The number of amides is 1. The van der Waals surface area contributed by atoms with Gasteiger partial charge in [0.1, 0.15) is 5.60 Å².